The first-order valence-corrected chi connectivity index (χ1v) is 9.52. The number of methoxy groups -OCH3 is 2. The minimum Gasteiger partial charge on any atom is -0.497 e. The van der Waals surface area contributed by atoms with Gasteiger partial charge < -0.3 is 23.7 Å². The summed E-state index contributed by atoms with van der Waals surface area (Å²) in [5.74, 6) is 1.78. The van der Waals surface area contributed by atoms with E-state index in [-0.39, 0.29) is 7.43 Å². The molecule has 0 spiro atoms. The first-order valence-electron chi connectivity index (χ1n) is 9.52. The average molecular weight is 422 g/mol. The molecule has 0 amide bonds. The van der Waals surface area contributed by atoms with Gasteiger partial charge in [0.25, 0.3) is 0 Å². The fraction of sp³-hybridized carbons (Fsp3) is 0.240. The van der Waals surface area contributed by atoms with E-state index in [9.17, 15) is 9.90 Å². The Hall–Kier alpha value is -3.51. The summed E-state index contributed by atoms with van der Waals surface area (Å²) in [6, 6.07) is 16.3. The number of rotatable bonds is 6. The number of benzene rings is 3. The van der Waals surface area contributed by atoms with E-state index in [1.807, 2.05) is 30.3 Å². The molecule has 0 saturated carbocycles. The Labute approximate surface area is 180 Å². The molecule has 31 heavy (non-hydrogen) atoms. The summed E-state index contributed by atoms with van der Waals surface area (Å²) < 4.78 is 22.2. The van der Waals surface area contributed by atoms with Gasteiger partial charge in [-0.3, -0.25) is 0 Å². The molecule has 0 saturated heterocycles. The van der Waals surface area contributed by atoms with Crippen molar-refractivity contribution in [2.75, 3.05) is 14.2 Å². The van der Waals surface area contributed by atoms with Crippen molar-refractivity contribution >= 4 is 21.7 Å². The zero-order valence-corrected chi connectivity index (χ0v) is 17.0. The van der Waals surface area contributed by atoms with Gasteiger partial charge in [0, 0.05) is 16.8 Å². The molecule has 3 aromatic carbocycles. The molecule has 6 nitrogen and oxygen atoms in total. The van der Waals surface area contributed by atoms with Crippen LogP contribution in [0.4, 0.5) is 0 Å². The standard InChI is InChI=1S/C24H22O6.CH4/c1-14(25)16-6-9-18-19-11-22(28-3)23(12-21(19)30-24(26)20(18)10-16)29-13-15-4-7-17(27-2)8-5-15;/h4-12,14,25H,13H2,1-3H3;1H4. The maximum atomic E-state index is 12.5. The van der Waals surface area contributed by atoms with Crippen LogP contribution in [0.25, 0.3) is 21.7 Å². The van der Waals surface area contributed by atoms with E-state index in [0.717, 1.165) is 22.1 Å². The van der Waals surface area contributed by atoms with Crippen molar-refractivity contribution in [2.45, 2.75) is 27.1 Å². The van der Waals surface area contributed by atoms with E-state index >= 15 is 0 Å². The van der Waals surface area contributed by atoms with Gasteiger partial charge in [0.1, 0.15) is 17.9 Å². The molecule has 0 bridgehead atoms. The van der Waals surface area contributed by atoms with Crippen molar-refractivity contribution in [2.24, 2.45) is 0 Å². The fourth-order valence-corrected chi connectivity index (χ4v) is 3.37. The first kappa shape index (κ1) is 22.2. The van der Waals surface area contributed by atoms with Crippen molar-refractivity contribution in [1.29, 1.82) is 0 Å². The predicted octanol–water partition coefficient (Wildman–Crippen LogP) is 5.23. The van der Waals surface area contributed by atoms with E-state index in [2.05, 4.69) is 0 Å². The summed E-state index contributed by atoms with van der Waals surface area (Å²) in [6.07, 6.45) is -0.673. The van der Waals surface area contributed by atoms with Crippen molar-refractivity contribution in [3.05, 3.63) is 76.1 Å². The molecule has 0 aliphatic carbocycles. The summed E-state index contributed by atoms with van der Waals surface area (Å²) in [6.45, 7) is 1.97. The molecule has 1 unspecified atom stereocenters. The quantitative estimate of drug-likeness (QED) is 0.339. The zero-order chi connectivity index (χ0) is 21.3. The minimum absolute atomic E-state index is 0. The smallest absolute Gasteiger partial charge is 0.344 e. The molecule has 0 fully saturated rings. The molecular weight excluding hydrogens is 396 g/mol. The van der Waals surface area contributed by atoms with Gasteiger partial charge in [-0.2, -0.15) is 0 Å². The van der Waals surface area contributed by atoms with E-state index in [4.69, 9.17) is 18.6 Å². The van der Waals surface area contributed by atoms with Crippen LogP contribution in [0.5, 0.6) is 17.2 Å². The molecule has 1 N–H and O–H groups in total. The largest absolute Gasteiger partial charge is 0.497 e. The Balaban J connectivity index is 0.00000272. The lowest BCUT2D eigenvalue weighted by Crippen LogP contribution is -2.03. The minimum atomic E-state index is -0.673. The molecule has 162 valence electrons. The normalized spacial score (nSPS) is 11.7. The highest BCUT2D eigenvalue weighted by atomic mass is 16.5. The number of hydrogen-bond donors (Lipinski definition) is 1. The monoisotopic (exact) mass is 422 g/mol. The highest BCUT2D eigenvalue weighted by molar-refractivity contribution is 6.05. The Morgan fingerprint density at radius 2 is 1.65 bits per heavy atom. The summed E-state index contributed by atoms with van der Waals surface area (Å²) in [5, 5.41) is 11.7. The fourth-order valence-electron chi connectivity index (χ4n) is 3.37. The lowest BCUT2D eigenvalue weighted by molar-refractivity contribution is 0.199. The van der Waals surface area contributed by atoms with Crippen LogP contribution in [-0.4, -0.2) is 19.3 Å². The predicted molar refractivity (Wildman–Crippen MR) is 121 cm³/mol. The Morgan fingerprint density at radius 1 is 0.903 bits per heavy atom. The maximum absolute atomic E-state index is 12.5. The number of hydrogen-bond acceptors (Lipinski definition) is 6. The van der Waals surface area contributed by atoms with Crippen molar-refractivity contribution < 1.29 is 23.7 Å². The lowest BCUT2D eigenvalue weighted by atomic mass is 10.0. The second-order valence-corrected chi connectivity index (χ2v) is 7.01. The molecule has 1 aromatic heterocycles. The Morgan fingerprint density at radius 3 is 2.29 bits per heavy atom. The Kier molecular flexibility index (Phi) is 6.51. The summed E-state index contributed by atoms with van der Waals surface area (Å²) in [7, 11) is 3.18. The molecule has 4 rings (SSSR count). The van der Waals surface area contributed by atoms with Crippen LogP contribution in [0.15, 0.2) is 63.8 Å². The molecular formula is C25H26O6. The molecule has 0 radical (unpaired) electrons. The van der Waals surface area contributed by atoms with E-state index < -0.39 is 11.7 Å². The van der Waals surface area contributed by atoms with Crippen LogP contribution < -0.4 is 19.8 Å². The van der Waals surface area contributed by atoms with E-state index in [0.29, 0.717) is 34.6 Å². The topological polar surface area (TPSA) is 78.1 Å². The second kappa shape index (κ2) is 9.10. The average Bonchev–Trinajstić information content (AvgIpc) is 2.77. The number of aliphatic hydroxyl groups is 1. The van der Waals surface area contributed by atoms with E-state index in [1.54, 1.807) is 45.4 Å². The summed E-state index contributed by atoms with van der Waals surface area (Å²) in [4.78, 5) is 12.5. The van der Waals surface area contributed by atoms with Gasteiger partial charge in [-0.05, 0) is 42.3 Å². The second-order valence-electron chi connectivity index (χ2n) is 7.01. The van der Waals surface area contributed by atoms with Gasteiger partial charge in [0.15, 0.2) is 11.5 Å². The molecule has 0 aliphatic heterocycles. The van der Waals surface area contributed by atoms with Crippen molar-refractivity contribution in [1.82, 2.24) is 0 Å². The summed E-state index contributed by atoms with van der Waals surface area (Å²) >= 11 is 0. The first-order chi connectivity index (χ1) is 14.5. The SMILES string of the molecule is C.COc1ccc(COc2cc3oc(=O)c4cc(C(C)O)ccc4c3cc2OC)cc1. The molecule has 0 aliphatic rings. The van der Waals surface area contributed by atoms with Crippen molar-refractivity contribution in [3.63, 3.8) is 0 Å². The number of ether oxygens (including phenoxy) is 3. The highest BCUT2D eigenvalue weighted by Gasteiger charge is 2.15. The third kappa shape index (κ3) is 4.34. The molecule has 1 atom stereocenters. The molecule has 1 heterocycles. The van der Waals surface area contributed by atoms with Crippen LogP contribution in [0.1, 0.15) is 31.6 Å². The third-order valence-corrected chi connectivity index (χ3v) is 5.06. The van der Waals surface area contributed by atoms with Gasteiger partial charge in [0.05, 0.1) is 25.7 Å². The number of aliphatic hydroxyl groups excluding tert-OH is 1. The molecule has 4 aromatic rings. The molecule has 6 heteroatoms. The van der Waals surface area contributed by atoms with Crippen molar-refractivity contribution in [3.8, 4) is 17.2 Å². The van der Waals surface area contributed by atoms with Gasteiger partial charge in [0.2, 0.25) is 0 Å². The van der Waals surface area contributed by atoms with Crippen LogP contribution in [0.2, 0.25) is 0 Å². The number of fused-ring (bicyclic) bond motifs is 3. The van der Waals surface area contributed by atoms with Crippen LogP contribution in [0.3, 0.4) is 0 Å². The maximum Gasteiger partial charge on any atom is 0.344 e. The van der Waals surface area contributed by atoms with Crippen LogP contribution in [0, 0.1) is 0 Å². The van der Waals surface area contributed by atoms with Gasteiger partial charge in [-0.1, -0.05) is 31.7 Å². The summed E-state index contributed by atoms with van der Waals surface area (Å²) in [5.41, 5.74) is 1.55. The van der Waals surface area contributed by atoms with Crippen LogP contribution in [-0.2, 0) is 6.61 Å². The van der Waals surface area contributed by atoms with Gasteiger partial charge in [-0.25, -0.2) is 4.79 Å². The Bertz CT molecular complexity index is 1260. The van der Waals surface area contributed by atoms with Gasteiger partial charge >= 0.3 is 5.63 Å². The zero-order valence-electron chi connectivity index (χ0n) is 17.0. The van der Waals surface area contributed by atoms with E-state index in [1.165, 1.54) is 0 Å². The van der Waals surface area contributed by atoms with Gasteiger partial charge in [-0.15, -0.1) is 0 Å². The van der Waals surface area contributed by atoms with Crippen LogP contribution >= 0.6 is 0 Å². The highest BCUT2D eigenvalue weighted by Crippen LogP contribution is 2.36. The third-order valence-electron chi connectivity index (χ3n) is 5.06. The lowest BCUT2D eigenvalue weighted by Gasteiger charge is -2.13.